The number of esters is 2. The highest BCUT2D eigenvalue weighted by molar-refractivity contribution is 6.14. The maximum atomic E-state index is 10.8. The van der Waals surface area contributed by atoms with Gasteiger partial charge in [-0.25, -0.2) is 9.59 Å². The molecule has 4 heteroatoms. The highest BCUT2D eigenvalue weighted by Crippen LogP contribution is 2.18. The standard InChI is InChI=1S/C18H38O.C8H4O3/c1-2-3-4-5-6-7-8-9-10-11-12-13-14-15-16-17-18-19;9-7-5-3-1-2-4-6(5)8(10)11-7/h19H,2-18H2,1H3;1-4H. The first kappa shape index (κ1) is 26.4. The Kier molecular flexibility index (Phi) is 15.9. The number of aliphatic hydroxyl groups excluding tert-OH is 1. The molecule has 1 aromatic carbocycles. The third kappa shape index (κ3) is 12.1. The number of unbranched alkanes of at least 4 members (excludes halogenated alkanes) is 15. The lowest BCUT2D eigenvalue weighted by Crippen LogP contribution is -1.96. The predicted molar refractivity (Wildman–Crippen MR) is 123 cm³/mol. The highest BCUT2D eigenvalue weighted by Gasteiger charge is 2.28. The van der Waals surface area contributed by atoms with Gasteiger partial charge in [0.25, 0.3) is 0 Å². The van der Waals surface area contributed by atoms with Crippen LogP contribution in [0.2, 0.25) is 0 Å². The Morgan fingerprint density at radius 2 is 0.933 bits per heavy atom. The van der Waals surface area contributed by atoms with Crippen molar-refractivity contribution in [2.24, 2.45) is 0 Å². The quantitative estimate of drug-likeness (QED) is 0.175. The minimum absolute atomic E-state index is 0.359. The van der Waals surface area contributed by atoms with E-state index in [-0.39, 0.29) is 0 Å². The normalized spacial score (nSPS) is 12.3. The van der Waals surface area contributed by atoms with Gasteiger partial charge in [0.2, 0.25) is 0 Å². The summed E-state index contributed by atoms with van der Waals surface area (Å²) in [6, 6.07) is 6.53. The summed E-state index contributed by atoms with van der Waals surface area (Å²) in [5, 5.41) is 8.67. The third-order valence-corrected chi connectivity index (χ3v) is 5.56. The molecule has 0 aliphatic carbocycles. The van der Waals surface area contributed by atoms with Crippen LogP contribution in [0.25, 0.3) is 0 Å². The molecule has 0 radical (unpaired) electrons. The Hall–Kier alpha value is -1.68. The molecule has 0 saturated heterocycles. The predicted octanol–water partition coefficient (Wildman–Crippen LogP) is 7.24. The van der Waals surface area contributed by atoms with Crippen LogP contribution in [0.4, 0.5) is 0 Å². The number of ether oxygens (including phenoxy) is 1. The highest BCUT2D eigenvalue weighted by atomic mass is 16.6. The number of rotatable bonds is 16. The fraction of sp³-hybridized carbons (Fsp3) is 0.692. The summed E-state index contributed by atoms with van der Waals surface area (Å²) < 4.78 is 4.35. The van der Waals surface area contributed by atoms with Crippen molar-refractivity contribution in [3.8, 4) is 0 Å². The van der Waals surface area contributed by atoms with Crippen molar-refractivity contribution in [3.05, 3.63) is 35.4 Å². The lowest BCUT2D eigenvalue weighted by molar-refractivity contribution is 0.0443. The summed E-state index contributed by atoms with van der Waals surface area (Å²) >= 11 is 0. The fourth-order valence-electron chi connectivity index (χ4n) is 3.69. The van der Waals surface area contributed by atoms with E-state index in [0.717, 1.165) is 6.42 Å². The van der Waals surface area contributed by atoms with Crippen LogP contribution in [0.3, 0.4) is 0 Å². The van der Waals surface area contributed by atoms with Crippen LogP contribution < -0.4 is 0 Å². The van der Waals surface area contributed by atoms with Gasteiger partial charge in [-0.1, -0.05) is 115 Å². The second-order valence-electron chi connectivity index (χ2n) is 8.25. The molecule has 0 bridgehead atoms. The monoisotopic (exact) mass is 418 g/mol. The van der Waals surface area contributed by atoms with Crippen LogP contribution in [-0.4, -0.2) is 23.7 Å². The molecule has 1 aliphatic heterocycles. The second-order valence-corrected chi connectivity index (χ2v) is 8.25. The Labute approximate surface area is 183 Å². The van der Waals surface area contributed by atoms with Gasteiger partial charge in [-0.2, -0.15) is 0 Å². The van der Waals surface area contributed by atoms with Gasteiger partial charge in [-0.15, -0.1) is 0 Å². The van der Waals surface area contributed by atoms with E-state index in [4.69, 9.17) is 5.11 Å². The van der Waals surface area contributed by atoms with Crippen molar-refractivity contribution in [1.29, 1.82) is 0 Å². The fourth-order valence-corrected chi connectivity index (χ4v) is 3.69. The maximum absolute atomic E-state index is 10.8. The smallest absolute Gasteiger partial charge is 0.346 e. The Bertz CT molecular complexity index is 533. The Morgan fingerprint density at radius 3 is 1.27 bits per heavy atom. The van der Waals surface area contributed by atoms with Crippen molar-refractivity contribution in [2.45, 2.75) is 110 Å². The Morgan fingerprint density at radius 1 is 0.600 bits per heavy atom. The van der Waals surface area contributed by atoms with Crippen LogP contribution in [-0.2, 0) is 4.74 Å². The molecular formula is C26H42O4. The summed E-state index contributed by atoms with van der Waals surface area (Å²) in [5.74, 6) is -1.10. The van der Waals surface area contributed by atoms with E-state index in [1.165, 1.54) is 96.3 Å². The summed E-state index contributed by atoms with van der Waals surface area (Å²) in [5.41, 5.74) is 0.718. The molecule has 170 valence electrons. The first-order valence-electron chi connectivity index (χ1n) is 12.2. The molecule has 1 N–H and O–H groups in total. The molecule has 30 heavy (non-hydrogen) atoms. The van der Waals surface area contributed by atoms with Crippen molar-refractivity contribution >= 4 is 11.9 Å². The van der Waals surface area contributed by atoms with Gasteiger partial charge in [0, 0.05) is 6.61 Å². The van der Waals surface area contributed by atoms with Gasteiger partial charge < -0.3 is 9.84 Å². The van der Waals surface area contributed by atoms with Gasteiger partial charge in [-0.3, -0.25) is 0 Å². The zero-order valence-corrected chi connectivity index (χ0v) is 19.0. The van der Waals surface area contributed by atoms with E-state index in [0.29, 0.717) is 17.7 Å². The van der Waals surface area contributed by atoms with Crippen LogP contribution in [0.15, 0.2) is 24.3 Å². The largest absolute Gasteiger partial charge is 0.396 e. The number of fused-ring (bicyclic) bond motifs is 1. The van der Waals surface area contributed by atoms with Gasteiger partial charge >= 0.3 is 11.9 Å². The van der Waals surface area contributed by atoms with Crippen LogP contribution in [0.1, 0.15) is 130 Å². The third-order valence-electron chi connectivity index (χ3n) is 5.56. The molecule has 4 nitrogen and oxygen atoms in total. The van der Waals surface area contributed by atoms with E-state index in [1.807, 2.05) is 0 Å². The molecule has 1 heterocycles. The number of benzene rings is 1. The van der Waals surface area contributed by atoms with Crippen molar-refractivity contribution in [1.82, 2.24) is 0 Å². The van der Waals surface area contributed by atoms with Gasteiger partial charge in [-0.05, 0) is 18.6 Å². The lowest BCUT2D eigenvalue weighted by Gasteiger charge is -2.03. The van der Waals surface area contributed by atoms with Crippen LogP contribution in [0, 0.1) is 0 Å². The van der Waals surface area contributed by atoms with E-state index >= 15 is 0 Å². The summed E-state index contributed by atoms with van der Waals surface area (Å²) in [7, 11) is 0. The van der Waals surface area contributed by atoms with Crippen LogP contribution >= 0.6 is 0 Å². The van der Waals surface area contributed by atoms with E-state index in [1.54, 1.807) is 24.3 Å². The summed E-state index contributed by atoms with van der Waals surface area (Å²) in [6.07, 6.45) is 22.2. The molecule has 0 aromatic heterocycles. The molecule has 0 spiro atoms. The number of hydrogen-bond acceptors (Lipinski definition) is 4. The van der Waals surface area contributed by atoms with Gasteiger partial charge in [0.15, 0.2) is 0 Å². The van der Waals surface area contributed by atoms with Crippen molar-refractivity contribution < 1.29 is 19.4 Å². The van der Waals surface area contributed by atoms with Crippen LogP contribution in [0.5, 0.6) is 0 Å². The zero-order valence-electron chi connectivity index (χ0n) is 19.0. The van der Waals surface area contributed by atoms with Crippen molar-refractivity contribution in [2.75, 3.05) is 6.61 Å². The number of aliphatic hydroxyl groups is 1. The number of hydrogen-bond donors (Lipinski definition) is 1. The average Bonchev–Trinajstić information content (AvgIpc) is 3.05. The molecule has 0 unspecified atom stereocenters. The molecular weight excluding hydrogens is 376 g/mol. The Balaban J connectivity index is 0.000000340. The molecule has 1 aliphatic rings. The van der Waals surface area contributed by atoms with Gasteiger partial charge in [0.05, 0.1) is 11.1 Å². The molecule has 0 saturated carbocycles. The van der Waals surface area contributed by atoms with E-state index in [2.05, 4.69) is 11.7 Å². The number of carbonyl (C=O) groups is 2. The van der Waals surface area contributed by atoms with E-state index < -0.39 is 11.9 Å². The lowest BCUT2D eigenvalue weighted by atomic mass is 10.0. The first-order chi connectivity index (χ1) is 14.7. The maximum Gasteiger partial charge on any atom is 0.346 e. The molecule has 1 aromatic rings. The number of cyclic esters (lactones) is 2. The second kappa shape index (κ2) is 18.1. The molecule has 0 atom stereocenters. The summed E-state index contributed by atoms with van der Waals surface area (Å²) in [6.45, 7) is 2.66. The molecule has 2 rings (SSSR count). The number of carbonyl (C=O) groups excluding carboxylic acids is 2. The molecule has 0 amide bonds. The first-order valence-corrected chi connectivity index (χ1v) is 12.2. The van der Waals surface area contributed by atoms with Crippen molar-refractivity contribution in [3.63, 3.8) is 0 Å². The minimum atomic E-state index is -0.550. The van der Waals surface area contributed by atoms with Gasteiger partial charge in [0.1, 0.15) is 0 Å². The summed E-state index contributed by atoms with van der Waals surface area (Å²) in [4.78, 5) is 21.7. The molecule has 0 fully saturated rings. The SMILES string of the molecule is CCCCCCCCCCCCCCCCCCO.O=C1OC(=O)c2ccccc21. The minimum Gasteiger partial charge on any atom is -0.396 e. The zero-order chi connectivity index (χ0) is 21.9. The van der Waals surface area contributed by atoms with E-state index in [9.17, 15) is 9.59 Å². The topological polar surface area (TPSA) is 63.6 Å². The average molecular weight is 419 g/mol.